The number of hydrogen-bond acceptors (Lipinski definition) is 5. The largest absolute Gasteiger partial charge is 0.398 e. The first kappa shape index (κ1) is 24.1. The van der Waals surface area contributed by atoms with E-state index < -0.39 is 48.1 Å². The van der Waals surface area contributed by atoms with Crippen molar-refractivity contribution < 1.29 is 36.7 Å². The highest BCUT2D eigenvalue weighted by molar-refractivity contribution is 6.43. The minimum Gasteiger partial charge on any atom is -0.379 e. The molecule has 0 bridgehead atoms. The lowest BCUT2D eigenvalue weighted by Gasteiger charge is -2.42. The Morgan fingerprint density at radius 1 is 1.24 bits per heavy atom. The van der Waals surface area contributed by atoms with Crippen LogP contribution in [-0.4, -0.2) is 41.4 Å². The van der Waals surface area contributed by atoms with Crippen LogP contribution in [0.25, 0.3) is 0 Å². The van der Waals surface area contributed by atoms with E-state index in [0.29, 0.717) is 0 Å². The first-order chi connectivity index (χ1) is 15.5. The summed E-state index contributed by atoms with van der Waals surface area (Å²) in [7, 11) is 1.44. The standard InChI is InChI=1S/C22H19F4N3O4/c1-29-10-14(20(32)28-15-4-5-16(23)13(7-15)9-27)8-17(29)19(31)18(30)3-2-6-21(11-33-12-21)22(24,25)26/h4-5,7-8,10H,2-3,6,11-12H2,1H3,(H,28,32). The van der Waals surface area contributed by atoms with Crippen molar-refractivity contribution in [3.05, 3.63) is 53.1 Å². The number of halogens is 4. The number of Topliss-reactive ketones (excluding diaryl/α,β-unsaturated/α-hetero) is 2. The van der Waals surface area contributed by atoms with E-state index in [0.717, 1.165) is 12.1 Å². The number of nitriles is 1. The fourth-order valence-corrected chi connectivity index (χ4v) is 3.45. The number of ether oxygens (including phenoxy) is 1. The van der Waals surface area contributed by atoms with Gasteiger partial charge >= 0.3 is 6.18 Å². The lowest BCUT2D eigenvalue weighted by Crippen LogP contribution is -2.53. The maximum atomic E-state index is 13.4. The van der Waals surface area contributed by atoms with E-state index in [4.69, 9.17) is 10.00 Å². The third kappa shape index (κ3) is 4.96. The number of aryl methyl sites for hydroxylation is 1. The summed E-state index contributed by atoms with van der Waals surface area (Å²) in [5.41, 5.74) is -2.15. The highest BCUT2D eigenvalue weighted by atomic mass is 19.4. The molecule has 1 aromatic carbocycles. The van der Waals surface area contributed by atoms with Crippen molar-refractivity contribution in [2.45, 2.75) is 25.4 Å². The number of nitrogens with zero attached hydrogens (tertiary/aromatic N) is 2. The van der Waals surface area contributed by atoms with E-state index in [9.17, 15) is 31.9 Å². The molecule has 1 N–H and O–H groups in total. The Hall–Kier alpha value is -3.52. The van der Waals surface area contributed by atoms with Gasteiger partial charge in [0, 0.05) is 25.4 Å². The summed E-state index contributed by atoms with van der Waals surface area (Å²) in [4.78, 5) is 37.2. The van der Waals surface area contributed by atoms with Gasteiger partial charge in [-0.2, -0.15) is 18.4 Å². The first-order valence-corrected chi connectivity index (χ1v) is 9.87. The molecule has 3 rings (SSSR count). The quantitative estimate of drug-likeness (QED) is 0.363. The molecule has 11 heteroatoms. The number of amides is 1. The average molecular weight is 465 g/mol. The van der Waals surface area contributed by atoms with E-state index in [1.54, 1.807) is 6.07 Å². The van der Waals surface area contributed by atoms with Crippen LogP contribution >= 0.6 is 0 Å². The number of carbonyl (C=O) groups excluding carboxylic acids is 3. The van der Waals surface area contributed by atoms with Gasteiger partial charge in [-0.15, -0.1) is 0 Å². The number of nitrogens with one attached hydrogen (secondary N) is 1. The molecule has 7 nitrogen and oxygen atoms in total. The number of ketones is 2. The predicted molar refractivity (Wildman–Crippen MR) is 107 cm³/mol. The number of hydrogen-bond donors (Lipinski definition) is 1. The zero-order chi connectivity index (χ0) is 24.4. The Bertz CT molecular complexity index is 1140. The van der Waals surface area contributed by atoms with Crippen LogP contribution in [0, 0.1) is 22.6 Å². The summed E-state index contributed by atoms with van der Waals surface area (Å²) in [5.74, 6) is -3.19. The second kappa shape index (κ2) is 9.15. The maximum absolute atomic E-state index is 13.4. The van der Waals surface area contributed by atoms with Crippen molar-refractivity contribution in [2.75, 3.05) is 18.5 Å². The summed E-state index contributed by atoms with van der Waals surface area (Å²) >= 11 is 0. The lowest BCUT2D eigenvalue weighted by molar-refractivity contribution is -0.305. The lowest BCUT2D eigenvalue weighted by atomic mass is 9.80. The van der Waals surface area contributed by atoms with Crippen LogP contribution in [0.1, 0.15) is 45.7 Å². The van der Waals surface area contributed by atoms with Crippen molar-refractivity contribution in [1.29, 1.82) is 5.26 Å². The zero-order valence-electron chi connectivity index (χ0n) is 17.5. The van der Waals surface area contributed by atoms with E-state index >= 15 is 0 Å². The van der Waals surface area contributed by atoms with Crippen molar-refractivity contribution in [2.24, 2.45) is 12.5 Å². The second-order valence-electron chi connectivity index (χ2n) is 7.86. The number of anilines is 1. The summed E-state index contributed by atoms with van der Waals surface area (Å²) in [6, 6.07) is 6.25. The molecular formula is C22H19F4N3O4. The molecule has 2 aromatic rings. The zero-order valence-corrected chi connectivity index (χ0v) is 17.5. The fraction of sp³-hybridized carbons (Fsp3) is 0.364. The van der Waals surface area contributed by atoms with Gasteiger partial charge in [0.25, 0.3) is 5.91 Å². The molecule has 0 aliphatic carbocycles. The summed E-state index contributed by atoms with van der Waals surface area (Å²) in [6.07, 6.45) is -3.96. The molecular weight excluding hydrogens is 446 g/mol. The molecule has 33 heavy (non-hydrogen) atoms. The van der Waals surface area contributed by atoms with Crippen LogP contribution in [0.5, 0.6) is 0 Å². The summed E-state index contributed by atoms with van der Waals surface area (Å²) in [5, 5.41) is 11.3. The van der Waals surface area contributed by atoms with Crippen LogP contribution in [-0.2, 0) is 16.6 Å². The summed E-state index contributed by atoms with van der Waals surface area (Å²) in [6.45, 7) is -0.919. The third-order valence-electron chi connectivity index (χ3n) is 5.51. The minimum absolute atomic E-state index is 0.0270. The number of benzene rings is 1. The van der Waals surface area contributed by atoms with Gasteiger partial charge in [-0.3, -0.25) is 14.4 Å². The third-order valence-corrected chi connectivity index (χ3v) is 5.51. The fourth-order valence-electron chi connectivity index (χ4n) is 3.45. The average Bonchev–Trinajstić information content (AvgIpc) is 3.11. The molecule has 0 saturated carbocycles. The van der Waals surface area contributed by atoms with Gasteiger partial charge in [-0.25, -0.2) is 4.39 Å². The Morgan fingerprint density at radius 3 is 2.52 bits per heavy atom. The van der Waals surface area contributed by atoms with Crippen molar-refractivity contribution in [3.63, 3.8) is 0 Å². The first-order valence-electron chi connectivity index (χ1n) is 9.87. The highest BCUT2D eigenvalue weighted by Gasteiger charge is 2.59. The van der Waals surface area contributed by atoms with Gasteiger partial charge in [0.1, 0.15) is 17.3 Å². The molecule has 0 radical (unpaired) electrons. The molecule has 1 fully saturated rings. The van der Waals surface area contributed by atoms with E-state index in [2.05, 4.69) is 5.32 Å². The Balaban J connectivity index is 1.63. The van der Waals surface area contributed by atoms with Gasteiger partial charge in [0.05, 0.1) is 30.0 Å². The Morgan fingerprint density at radius 2 is 1.94 bits per heavy atom. The molecule has 1 aromatic heterocycles. The van der Waals surface area contributed by atoms with E-state index in [1.165, 1.54) is 29.9 Å². The highest BCUT2D eigenvalue weighted by Crippen LogP contribution is 2.47. The maximum Gasteiger partial charge on any atom is 0.398 e. The number of alkyl halides is 3. The van der Waals surface area contributed by atoms with Crippen LogP contribution in [0.2, 0.25) is 0 Å². The molecule has 174 valence electrons. The minimum atomic E-state index is -4.45. The van der Waals surface area contributed by atoms with E-state index in [1.807, 2.05) is 0 Å². The van der Waals surface area contributed by atoms with Crippen LogP contribution < -0.4 is 5.32 Å². The van der Waals surface area contributed by atoms with Gasteiger partial charge in [-0.05, 0) is 37.1 Å². The van der Waals surface area contributed by atoms with Crippen LogP contribution in [0.3, 0.4) is 0 Å². The predicted octanol–water partition coefficient (Wildman–Crippen LogP) is 3.79. The topological polar surface area (TPSA) is 101 Å². The monoisotopic (exact) mass is 465 g/mol. The number of carbonyl (C=O) groups is 3. The molecule has 2 heterocycles. The molecule has 1 aliphatic rings. The van der Waals surface area contributed by atoms with Gasteiger partial charge in [-0.1, -0.05) is 0 Å². The van der Waals surface area contributed by atoms with Crippen LogP contribution in [0.4, 0.5) is 23.2 Å². The Labute approximate surface area is 185 Å². The summed E-state index contributed by atoms with van der Waals surface area (Å²) < 4.78 is 58.8. The van der Waals surface area contributed by atoms with Crippen molar-refractivity contribution >= 4 is 23.2 Å². The molecule has 0 spiro atoms. The SMILES string of the molecule is Cn1cc(C(=O)Nc2ccc(F)c(C#N)c2)cc1C(=O)C(=O)CCCC1(C(F)(F)F)COC1. The molecule has 0 unspecified atom stereocenters. The number of aromatic nitrogens is 1. The van der Waals surface area contributed by atoms with Gasteiger partial charge < -0.3 is 14.6 Å². The van der Waals surface area contributed by atoms with Gasteiger partial charge in [0.2, 0.25) is 11.6 Å². The Kier molecular flexibility index (Phi) is 6.69. The molecule has 1 amide bonds. The van der Waals surface area contributed by atoms with Crippen molar-refractivity contribution in [3.8, 4) is 6.07 Å². The second-order valence-corrected chi connectivity index (χ2v) is 7.86. The molecule has 1 aliphatic heterocycles. The van der Waals surface area contributed by atoms with E-state index in [-0.39, 0.29) is 41.8 Å². The number of rotatable bonds is 8. The molecule has 1 saturated heterocycles. The van der Waals surface area contributed by atoms with Crippen LogP contribution in [0.15, 0.2) is 30.5 Å². The normalized spacial score (nSPS) is 14.8. The smallest absolute Gasteiger partial charge is 0.379 e. The van der Waals surface area contributed by atoms with Crippen molar-refractivity contribution in [1.82, 2.24) is 4.57 Å². The van der Waals surface area contributed by atoms with Gasteiger partial charge in [0.15, 0.2) is 0 Å². The molecule has 0 atom stereocenters.